The maximum Gasteiger partial charge on any atom is 0.330 e. The van der Waals surface area contributed by atoms with Crippen LogP contribution in [0.3, 0.4) is 0 Å². The van der Waals surface area contributed by atoms with Gasteiger partial charge in [-0.15, -0.1) is 0 Å². The first-order chi connectivity index (χ1) is 11.9. The highest BCUT2D eigenvalue weighted by molar-refractivity contribution is 5.91. The largest absolute Gasteiger partial charge is 0.479 e. The fraction of sp³-hybridized carbons (Fsp3) is 0.500. The number of nitrogens with one attached hydrogen (secondary N) is 1. The lowest BCUT2D eigenvalue weighted by molar-refractivity contribution is -0.142. The van der Waals surface area contributed by atoms with Crippen LogP contribution in [0.5, 0.6) is 0 Å². The van der Waals surface area contributed by atoms with Gasteiger partial charge in [0.15, 0.2) is 6.04 Å². The van der Waals surface area contributed by atoms with Crippen molar-refractivity contribution in [2.45, 2.75) is 18.9 Å². The van der Waals surface area contributed by atoms with Gasteiger partial charge in [-0.05, 0) is 32.6 Å². The molecule has 2 amide bonds. The Balaban J connectivity index is 1.94. The van der Waals surface area contributed by atoms with Crippen molar-refractivity contribution in [2.24, 2.45) is 5.92 Å². The van der Waals surface area contributed by atoms with Crippen molar-refractivity contribution in [2.75, 3.05) is 33.7 Å². The highest BCUT2D eigenvalue weighted by Crippen LogP contribution is 2.20. The molecule has 2 rings (SSSR count). The maximum atomic E-state index is 12.4. The molecule has 1 aromatic rings. The predicted octanol–water partition coefficient (Wildman–Crippen LogP) is 0.729. The van der Waals surface area contributed by atoms with Crippen molar-refractivity contribution in [1.82, 2.24) is 15.1 Å². The molecule has 1 aliphatic rings. The lowest BCUT2D eigenvalue weighted by atomic mass is 10.0. The topological polar surface area (TPSA) is 89.9 Å². The summed E-state index contributed by atoms with van der Waals surface area (Å²) >= 11 is 0. The molecule has 1 aromatic carbocycles. The summed E-state index contributed by atoms with van der Waals surface area (Å²) in [6.07, 6.45) is 0.976. The van der Waals surface area contributed by atoms with Crippen molar-refractivity contribution < 1.29 is 19.5 Å². The van der Waals surface area contributed by atoms with Crippen LogP contribution in [0, 0.1) is 5.92 Å². The van der Waals surface area contributed by atoms with E-state index in [4.69, 9.17) is 0 Å². The number of hydrogen-bond acceptors (Lipinski definition) is 4. The molecule has 0 spiro atoms. The van der Waals surface area contributed by atoms with E-state index in [1.165, 1.54) is 0 Å². The van der Waals surface area contributed by atoms with Gasteiger partial charge in [-0.3, -0.25) is 9.59 Å². The first-order valence-corrected chi connectivity index (χ1v) is 8.39. The molecule has 2 unspecified atom stereocenters. The molecule has 2 atom stereocenters. The highest BCUT2D eigenvalue weighted by Gasteiger charge is 2.35. The second kappa shape index (κ2) is 8.62. The Labute approximate surface area is 147 Å². The number of carboxylic acid groups (broad SMARTS) is 1. The van der Waals surface area contributed by atoms with Crippen molar-refractivity contribution in [1.29, 1.82) is 0 Å². The van der Waals surface area contributed by atoms with Gasteiger partial charge >= 0.3 is 5.97 Å². The minimum atomic E-state index is -1.12. The lowest BCUT2D eigenvalue weighted by Crippen LogP contribution is -2.38. The zero-order chi connectivity index (χ0) is 18.4. The van der Waals surface area contributed by atoms with Crippen LogP contribution in [0.4, 0.5) is 0 Å². The van der Waals surface area contributed by atoms with Gasteiger partial charge in [0.25, 0.3) is 0 Å². The molecule has 1 heterocycles. The van der Waals surface area contributed by atoms with Crippen LogP contribution in [0.15, 0.2) is 30.3 Å². The second-order valence-corrected chi connectivity index (χ2v) is 6.59. The number of hydrogen-bond donors (Lipinski definition) is 2. The zero-order valence-electron chi connectivity index (χ0n) is 14.6. The van der Waals surface area contributed by atoms with Crippen LogP contribution >= 0.6 is 0 Å². The molecule has 0 aliphatic carbocycles. The van der Waals surface area contributed by atoms with Crippen LogP contribution < -0.4 is 5.32 Å². The molecule has 25 heavy (non-hydrogen) atoms. The number of rotatable bonds is 8. The van der Waals surface area contributed by atoms with Crippen molar-refractivity contribution in [3.05, 3.63) is 35.9 Å². The van der Waals surface area contributed by atoms with Crippen LogP contribution in [0.1, 0.15) is 24.4 Å². The van der Waals surface area contributed by atoms with Crippen LogP contribution in [0.25, 0.3) is 0 Å². The molecule has 7 heteroatoms. The number of nitrogens with zero attached hydrogens (tertiary/aromatic N) is 2. The van der Waals surface area contributed by atoms with Gasteiger partial charge in [-0.1, -0.05) is 30.3 Å². The standard InChI is InChI=1S/C18H25N3O4/c1-20(2)9-6-10-21-12-14(11-15(21)22)17(23)19-16(18(24)25)13-7-4-3-5-8-13/h3-5,7-8,14,16H,6,9-12H2,1-2H3,(H,19,23)(H,24,25). The lowest BCUT2D eigenvalue weighted by Gasteiger charge is -2.19. The smallest absolute Gasteiger partial charge is 0.330 e. The van der Waals surface area contributed by atoms with E-state index in [9.17, 15) is 19.5 Å². The molecule has 1 saturated heterocycles. The van der Waals surface area contributed by atoms with Gasteiger partial charge in [0.1, 0.15) is 0 Å². The Bertz CT molecular complexity index is 618. The number of carboxylic acids is 1. The summed E-state index contributed by atoms with van der Waals surface area (Å²) in [7, 11) is 3.94. The molecule has 1 aliphatic heterocycles. The van der Waals surface area contributed by atoms with Gasteiger partial charge in [-0.25, -0.2) is 4.79 Å². The summed E-state index contributed by atoms with van der Waals surface area (Å²) in [5.41, 5.74) is 0.510. The Morgan fingerprint density at radius 3 is 2.60 bits per heavy atom. The number of benzene rings is 1. The number of carbonyl (C=O) groups is 3. The quantitative estimate of drug-likeness (QED) is 0.723. The molecule has 7 nitrogen and oxygen atoms in total. The van der Waals surface area contributed by atoms with Gasteiger partial charge in [0, 0.05) is 19.5 Å². The SMILES string of the molecule is CN(C)CCCN1CC(C(=O)NC(C(=O)O)c2ccccc2)CC1=O. The van der Waals surface area contributed by atoms with Gasteiger partial charge in [-0.2, -0.15) is 0 Å². The van der Waals surface area contributed by atoms with Crippen molar-refractivity contribution in [3.63, 3.8) is 0 Å². The van der Waals surface area contributed by atoms with Gasteiger partial charge in [0.2, 0.25) is 11.8 Å². The first-order valence-electron chi connectivity index (χ1n) is 8.39. The summed E-state index contributed by atoms with van der Waals surface area (Å²) in [6, 6.07) is 7.45. The maximum absolute atomic E-state index is 12.4. The minimum absolute atomic E-state index is 0.0505. The van der Waals surface area contributed by atoms with Gasteiger partial charge in [0.05, 0.1) is 5.92 Å². The van der Waals surface area contributed by atoms with Crippen molar-refractivity contribution in [3.8, 4) is 0 Å². The average molecular weight is 347 g/mol. The number of likely N-dealkylation sites (tertiary alicyclic amines) is 1. The highest BCUT2D eigenvalue weighted by atomic mass is 16.4. The molecular formula is C18H25N3O4. The summed E-state index contributed by atoms with van der Waals surface area (Å²) in [4.78, 5) is 39.7. The third kappa shape index (κ3) is 5.29. The summed E-state index contributed by atoms with van der Waals surface area (Å²) < 4.78 is 0. The number of carbonyl (C=O) groups excluding carboxylic acids is 2. The zero-order valence-corrected chi connectivity index (χ0v) is 14.6. The molecule has 0 bridgehead atoms. The molecule has 0 saturated carbocycles. The summed E-state index contributed by atoms with van der Waals surface area (Å²) in [6.45, 7) is 1.83. The molecular weight excluding hydrogens is 322 g/mol. The summed E-state index contributed by atoms with van der Waals surface area (Å²) in [5, 5.41) is 12.0. The normalized spacial score (nSPS) is 18.4. The van der Waals surface area contributed by atoms with Crippen molar-refractivity contribution >= 4 is 17.8 Å². The third-order valence-electron chi connectivity index (χ3n) is 4.29. The van der Waals surface area contributed by atoms with E-state index in [1.807, 2.05) is 19.0 Å². The fourth-order valence-electron chi connectivity index (χ4n) is 2.93. The Kier molecular flexibility index (Phi) is 6.52. The molecule has 0 radical (unpaired) electrons. The third-order valence-corrected chi connectivity index (χ3v) is 4.29. The van der Waals surface area contributed by atoms with E-state index in [0.717, 1.165) is 13.0 Å². The van der Waals surface area contributed by atoms with E-state index in [0.29, 0.717) is 18.7 Å². The molecule has 2 N–H and O–H groups in total. The molecule has 0 aromatic heterocycles. The van der Waals surface area contributed by atoms with E-state index < -0.39 is 17.9 Å². The number of amides is 2. The monoisotopic (exact) mass is 347 g/mol. The van der Waals surface area contributed by atoms with Crippen LogP contribution in [-0.2, 0) is 14.4 Å². The summed E-state index contributed by atoms with van der Waals surface area (Å²) in [5.74, 6) is -2.06. The molecule has 136 valence electrons. The predicted molar refractivity (Wildman–Crippen MR) is 92.8 cm³/mol. The number of aliphatic carboxylic acids is 1. The minimum Gasteiger partial charge on any atom is -0.479 e. The first kappa shape index (κ1) is 18.9. The Hall–Kier alpha value is -2.41. The van der Waals surface area contributed by atoms with Crippen LogP contribution in [-0.4, -0.2) is 66.4 Å². The Morgan fingerprint density at radius 2 is 2.00 bits per heavy atom. The fourth-order valence-corrected chi connectivity index (χ4v) is 2.93. The van der Waals surface area contributed by atoms with E-state index in [-0.39, 0.29) is 18.2 Å². The van der Waals surface area contributed by atoms with E-state index in [2.05, 4.69) is 5.32 Å². The van der Waals surface area contributed by atoms with Gasteiger partial charge < -0.3 is 20.2 Å². The van der Waals surface area contributed by atoms with E-state index >= 15 is 0 Å². The second-order valence-electron chi connectivity index (χ2n) is 6.59. The van der Waals surface area contributed by atoms with Crippen LogP contribution in [0.2, 0.25) is 0 Å². The Morgan fingerprint density at radius 1 is 1.32 bits per heavy atom. The molecule has 1 fully saturated rings. The van der Waals surface area contributed by atoms with E-state index in [1.54, 1.807) is 35.2 Å². The average Bonchev–Trinajstić information content (AvgIpc) is 2.94.